The number of hydrogen-bond acceptors (Lipinski definition) is 3. The van der Waals surface area contributed by atoms with E-state index in [1.54, 1.807) is 11.8 Å². The SMILES string of the molecule is CC1=C(C)[C@H](NCC(N)=O)N(CCc2ccc(Cl)cc2)C1=O. The zero-order valence-electron chi connectivity index (χ0n) is 12.7. The molecule has 1 aromatic rings. The Morgan fingerprint density at radius 2 is 1.95 bits per heavy atom. The van der Waals surface area contributed by atoms with Crippen molar-refractivity contribution < 1.29 is 9.59 Å². The Bertz CT molecular complexity index is 610. The van der Waals surface area contributed by atoms with Crippen LogP contribution in [0.4, 0.5) is 0 Å². The summed E-state index contributed by atoms with van der Waals surface area (Å²) in [6.45, 7) is 4.30. The number of amides is 2. The molecule has 1 heterocycles. The molecule has 1 aliphatic rings. The van der Waals surface area contributed by atoms with Gasteiger partial charge in [-0.1, -0.05) is 23.7 Å². The van der Waals surface area contributed by atoms with Crippen molar-refractivity contribution in [3.63, 3.8) is 0 Å². The summed E-state index contributed by atoms with van der Waals surface area (Å²) in [4.78, 5) is 25.0. The van der Waals surface area contributed by atoms with Crippen molar-refractivity contribution in [3.05, 3.63) is 46.0 Å². The molecule has 0 fully saturated rings. The molecule has 0 saturated heterocycles. The Morgan fingerprint density at radius 1 is 1.32 bits per heavy atom. The molecule has 0 saturated carbocycles. The van der Waals surface area contributed by atoms with Gasteiger partial charge in [-0.2, -0.15) is 0 Å². The van der Waals surface area contributed by atoms with Gasteiger partial charge in [-0.25, -0.2) is 0 Å². The van der Waals surface area contributed by atoms with Crippen LogP contribution in [0, 0.1) is 0 Å². The van der Waals surface area contributed by atoms with E-state index < -0.39 is 5.91 Å². The van der Waals surface area contributed by atoms with Crippen LogP contribution >= 0.6 is 11.6 Å². The number of carbonyl (C=O) groups is 2. The highest BCUT2D eigenvalue weighted by Gasteiger charge is 2.34. The van der Waals surface area contributed by atoms with E-state index in [-0.39, 0.29) is 18.6 Å². The van der Waals surface area contributed by atoms with E-state index in [4.69, 9.17) is 17.3 Å². The van der Waals surface area contributed by atoms with E-state index in [0.29, 0.717) is 11.6 Å². The second-order valence-electron chi connectivity index (χ2n) is 5.43. The maximum atomic E-state index is 12.3. The number of primary amides is 1. The predicted octanol–water partition coefficient (Wildman–Crippen LogP) is 1.46. The molecular formula is C16H20ClN3O2. The molecule has 1 aliphatic heterocycles. The smallest absolute Gasteiger partial charge is 0.251 e. The molecule has 0 bridgehead atoms. The van der Waals surface area contributed by atoms with Crippen LogP contribution in [0.2, 0.25) is 5.02 Å². The lowest BCUT2D eigenvalue weighted by atomic mass is 10.1. The molecule has 5 nitrogen and oxygen atoms in total. The highest BCUT2D eigenvalue weighted by molar-refractivity contribution is 6.30. The largest absolute Gasteiger partial charge is 0.369 e. The molecule has 0 unspecified atom stereocenters. The molecule has 0 radical (unpaired) electrons. The lowest BCUT2D eigenvalue weighted by Gasteiger charge is -2.27. The van der Waals surface area contributed by atoms with Crippen molar-refractivity contribution in [1.82, 2.24) is 10.2 Å². The Balaban J connectivity index is 2.05. The fourth-order valence-corrected chi connectivity index (χ4v) is 2.66. The van der Waals surface area contributed by atoms with Crippen LogP contribution in [0.5, 0.6) is 0 Å². The molecule has 118 valence electrons. The summed E-state index contributed by atoms with van der Waals surface area (Å²) >= 11 is 5.87. The van der Waals surface area contributed by atoms with Crippen molar-refractivity contribution in [2.45, 2.75) is 26.4 Å². The van der Waals surface area contributed by atoms with Crippen molar-refractivity contribution >= 4 is 23.4 Å². The van der Waals surface area contributed by atoms with Crippen LogP contribution in [0.25, 0.3) is 0 Å². The van der Waals surface area contributed by atoms with E-state index in [1.807, 2.05) is 31.2 Å². The third kappa shape index (κ3) is 3.67. The minimum absolute atomic E-state index is 0.00608. The highest BCUT2D eigenvalue weighted by atomic mass is 35.5. The summed E-state index contributed by atoms with van der Waals surface area (Å²) in [5.74, 6) is -0.448. The predicted molar refractivity (Wildman–Crippen MR) is 86.2 cm³/mol. The van der Waals surface area contributed by atoms with Crippen LogP contribution in [0.1, 0.15) is 19.4 Å². The molecule has 2 rings (SSSR count). The Kier molecular flexibility index (Phi) is 5.21. The van der Waals surface area contributed by atoms with Gasteiger partial charge < -0.3 is 10.6 Å². The van der Waals surface area contributed by atoms with E-state index in [1.165, 1.54) is 0 Å². The normalized spacial score (nSPS) is 18.2. The summed E-state index contributed by atoms with van der Waals surface area (Å²) in [5.41, 5.74) is 7.93. The van der Waals surface area contributed by atoms with Crippen LogP contribution in [0.15, 0.2) is 35.4 Å². The van der Waals surface area contributed by atoms with Gasteiger partial charge in [-0.3, -0.25) is 14.9 Å². The monoisotopic (exact) mass is 321 g/mol. The van der Waals surface area contributed by atoms with E-state index in [9.17, 15) is 9.59 Å². The van der Waals surface area contributed by atoms with Gasteiger partial charge in [0.1, 0.15) is 6.17 Å². The van der Waals surface area contributed by atoms with Crippen LogP contribution < -0.4 is 11.1 Å². The quantitative estimate of drug-likeness (QED) is 0.833. The second-order valence-corrected chi connectivity index (χ2v) is 5.87. The van der Waals surface area contributed by atoms with Gasteiger partial charge in [0.05, 0.1) is 6.54 Å². The van der Waals surface area contributed by atoms with Gasteiger partial charge in [0.2, 0.25) is 5.91 Å². The summed E-state index contributed by atoms with van der Waals surface area (Å²) < 4.78 is 0. The van der Waals surface area contributed by atoms with Crippen LogP contribution in [-0.4, -0.2) is 36.0 Å². The number of carbonyl (C=O) groups excluding carboxylic acids is 2. The lowest BCUT2D eigenvalue weighted by Crippen LogP contribution is -2.48. The van der Waals surface area contributed by atoms with Crippen molar-refractivity contribution in [1.29, 1.82) is 0 Å². The van der Waals surface area contributed by atoms with Crippen molar-refractivity contribution in [3.8, 4) is 0 Å². The lowest BCUT2D eigenvalue weighted by molar-refractivity contribution is -0.128. The number of benzene rings is 1. The molecule has 1 aromatic carbocycles. The summed E-state index contributed by atoms with van der Waals surface area (Å²) in [5, 5.41) is 3.73. The summed E-state index contributed by atoms with van der Waals surface area (Å²) in [6.07, 6.45) is 0.449. The Hall–Kier alpha value is -1.85. The first-order valence-corrected chi connectivity index (χ1v) is 7.52. The molecule has 2 amide bonds. The first-order valence-electron chi connectivity index (χ1n) is 7.14. The number of rotatable bonds is 6. The summed E-state index contributed by atoms with van der Waals surface area (Å²) in [7, 11) is 0. The van der Waals surface area contributed by atoms with E-state index >= 15 is 0 Å². The van der Waals surface area contributed by atoms with Gasteiger partial charge in [0.15, 0.2) is 0 Å². The number of halogens is 1. The number of hydrogen-bond donors (Lipinski definition) is 2. The number of nitrogens with zero attached hydrogens (tertiary/aromatic N) is 1. The van der Waals surface area contributed by atoms with Crippen LogP contribution in [-0.2, 0) is 16.0 Å². The van der Waals surface area contributed by atoms with Crippen LogP contribution in [0.3, 0.4) is 0 Å². The van der Waals surface area contributed by atoms with Gasteiger partial charge in [-0.05, 0) is 43.5 Å². The van der Waals surface area contributed by atoms with Gasteiger partial charge >= 0.3 is 0 Å². The maximum absolute atomic E-state index is 12.3. The third-order valence-electron chi connectivity index (χ3n) is 3.92. The minimum Gasteiger partial charge on any atom is -0.369 e. The first-order chi connectivity index (χ1) is 10.4. The Labute approximate surface area is 135 Å². The van der Waals surface area contributed by atoms with E-state index in [2.05, 4.69) is 5.32 Å². The van der Waals surface area contributed by atoms with Gasteiger partial charge in [-0.15, -0.1) is 0 Å². The highest BCUT2D eigenvalue weighted by Crippen LogP contribution is 2.24. The minimum atomic E-state index is -0.442. The molecule has 6 heteroatoms. The molecule has 1 atom stereocenters. The first kappa shape index (κ1) is 16.5. The standard InChI is InChI=1S/C16H20ClN3O2/c1-10-11(2)16(22)20(15(10)19-9-14(18)21)8-7-12-3-5-13(17)6-4-12/h3-6,15,19H,7-9H2,1-2H3,(H2,18,21)/t15-/m1/s1. The fourth-order valence-electron chi connectivity index (χ4n) is 2.53. The molecule has 0 spiro atoms. The van der Waals surface area contributed by atoms with E-state index in [0.717, 1.165) is 23.1 Å². The average Bonchev–Trinajstić information content (AvgIpc) is 2.68. The zero-order chi connectivity index (χ0) is 16.3. The second kappa shape index (κ2) is 6.94. The topological polar surface area (TPSA) is 75.4 Å². The molecule has 3 N–H and O–H groups in total. The van der Waals surface area contributed by atoms with Gasteiger partial charge in [0, 0.05) is 17.1 Å². The third-order valence-corrected chi connectivity index (χ3v) is 4.17. The fraction of sp³-hybridized carbons (Fsp3) is 0.375. The maximum Gasteiger partial charge on any atom is 0.251 e. The number of nitrogens with one attached hydrogen (secondary N) is 1. The van der Waals surface area contributed by atoms with Crippen molar-refractivity contribution in [2.24, 2.45) is 5.73 Å². The number of nitrogens with two attached hydrogens (primary N) is 1. The molecule has 22 heavy (non-hydrogen) atoms. The zero-order valence-corrected chi connectivity index (χ0v) is 13.5. The Morgan fingerprint density at radius 3 is 2.55 bits per heavy atom. The molecular weight excluding hydrogens is 302 g/mol. The molecule has 0 aromatic heterocycles. The molecule has 0 aliphatic carbocycles. The van der Waals surface area contributed by atoms with Gasteiger partial charge in [0.25, 0.3) is 5.91 Å². The average molecular weight is 322 g/mol. The summed E-state index contributed by atoms with van der Waals surface area (Å²) in [6, 6.07) is 7.56. The van der Waals surface area contributed by atoms with Crippen molar-refractivity contribution in [2.75, 3.05) is 13.1 Å².